The Morgan fingerprint density at radius 3 is 2.65 bits per heavy atom. The van der Waals surface area contributed by atoms with Crippen molar-refractivity contribution >= 4 is 46.0 Å². The molecule has 1 N–H and O–H groups in total. The second kappa shape index (κ2) is 9.19. The van der Waals surface area contributed by atoms with Crippen LogP contribution in [0, 0.1) is 18.7 Å². The fourth-order valence-electron chi connectivity index (χ4n) is 2.98. The third kappa shape index (κ3) is 4.96. The molecule has 0 radical (unpaired) electrons. The van der Waals surface area contributed by atoms with E-state index in [0.29, 0.717) is 23.1 Å². The van der Waals surface area contributed by atoms with Gasteiger partial charge in [0, 0.05) is 19.3 Å². The fourth-order valence-corrected chi connectivity index (χ4v) is 4.02. The zero-order valence-corrected chi connectivity index (χ0v) is 19.0. The van der Waals surface area contributed by atoms with Crippen LogP contribution in [-0.2, 0) is 18.4 Å². The molecule has 0 aliphatic carbocycles. The predicted molar refractivity (Wildman–Crippen MR) is 119 cm³/mol. The van der Waals surface area contributed by atoms with E-state index in [0.717, 1.165) is 22.4 Å². The van der Waals surface area contributed by atoms with Crippen LogP contribution >= 0.6 is 23.4 Å². The molecule has 31 heavy (non-hydrogen) atoms. The standard InChI is InChI=1S/C20H21ClFN5O3S/c1-10(2)8-27-17-16(19(29)26(4)20(27)30)18(24-11(3)23-17)31-9-15(28)25-12-5-6-14(22)13(21)7-12/h5-7,10H,8-9H2,1-4H3,(H,25,28). The summed E-state index contributed by atoms with van der Waals surface area (Å²) in [6, 6.07) is 3.86. The molecule has 3 rings (SSSR count). The maximum atomic E-state index is 13.3. The van der Waals surface area contributed by atoms with Gasteiger partial charge in [0.25, 0.3) is 5.56 Å². The minimum Gasteiger partial charge on any atom is -0.325 e. The van der Waals surface area contributed by atoms with Gasteiger partial charge in [0.1, 0.15) is 22.1 Å². The second-order valence-electron chi connectivity index (χ2n) is 7.39. The molecule has 0 bridgehead atoms. The summed E-state index contributed by atoms with van der Waals surface area (Å²) in [4.78, 5) is 46.5. The number of fused-ring (bicyclic) bond motifs is 1. The molecule has 0 fully saturated rings. The number of thioether (sulfide) groups is 1. The van der Waals surface area contributed by atoms with E-state index in [1.807, 2.05) is 13.8 Å². The Hall–Kier alpha value is -2.72. The molecule has 0 saturated carbocycles. The van der Waals surface area contributed by atoms with Crippen LogP contribution in [0.2, 0.25) is 5.02 Å². The number of benzene rings is 1. The van der Waals surface area contributed by atoms with Gasteiger partial charge in [-0.05, 0) is 31.0 Å². The van der Waals surface area contributed by atoms with Gasteiger partial charge < -0.3 is 5.32 Å². The summed E-state index contributed by atoms with van der Waals surface area (Å²) in [6.45, 7) is 5.96. The van der Waals surface area contributed by atoms with Crippen LogP contribution < -0.4 is 16.6 Å². The Bertz CT molecular complexity index is 1290. The largest absolute Gasteiger partial charge is 0.332 e. The minimum atomic E-state index is -0.583. The molecule has 2 heterocycles. The molecule has 1 aromatic carbocycles. The molecular formula is C20H21ClFN5O3S. The van der Waals surface area contributed by atoms with Crippen molar-refractivity contribution in [2.45, 2.75) is 32.3 Å². The number of aromatic nitrogens is 4. The van der Waals surface area contributed by atoms with Gasteiger partial charge in [-0.1, -0.05) is 37.2 Å². The van der Waals surface area contributed by atoms with Crippen molar-refractivity contribution < 1.29 is 9.18 Å². The highest BCUT2D eigenvalue weighted by molar-refractivity contribution is 8.00. The Labute approximate surface area is 186 Å². The number of carbonyl (C=O) groups excluding carboxylic acids is 1. The summed E-state index contributed by atoms with van der Waals surface area (Å²) in [5, 5.41) is 3.02. The van der Waals surface area contributed by atoms with Gasteiger partial charge in [-0.25, -0.2) is 19.2 Å². The van der Waals surface area contributed by atoms with E-state index in [1.165, 1.54) is 23.7 Å². The molecule has 2 aromatic heterocycles. The number of rotatable bonds is 6. The fraction of sp³-hybridized carbons (Fsp3) is 0.350. The van der Waals surface area contributed by atoms with Gasteiger partial charge in [-0.2, -0.15) is 0 Å². The van der Waals surface area contributed by atoms with Crippen molar-refractivity contribution in [3.63, 3.8) is 0 Å². The Kier molecular flexibility index (Phi) is 6.80. The summed E-state index contributed by atoms with van der Waals surface area (Å²) in [5.74, 6) is -0.499. The predicted octanol–water partition coefficient (Wildman–Crippen LogP) is 2.98. The first-order valence-corrected chi connectivity index (χ1v) is 10.8. The lowest BCUT2D eigenvalue weighted by molar-refractivity contribution is -0.113. The van der Waals surface area contributed by atoms with Crippen LogP contribution in [0.15, 0.2) is 32.8 Å². The average molecular weight is 466 g/mol. The topological polar surface area (TPSA) is 98.9 Å². The van der Waals surface area contributed by atoms with Crippen LogP contribution in [0.5, 0.6) is 0 Å². The molecule has 164 valence electrons. The van der Waals surface area contributed by atoms with Crippen molar-refractivity contribution in [2.75, 3.05) is 11.1 Å². The van der Waals surface area contributed by atoms with Gasteiger partial charge in [-0.3, -0.25) is 18.7 Å². The molecule has 8 nitrogen and oxygen atoms in total. The van der Waals surface area contributed by atoms with Crippen LogP contribution in [0.25, 0.3) is 11.0 Å². The maximum absolute atomic E-state index is 13.3. The van der Waals surface area contributed by atoms with E-state index in [1.54, 1.807) is 6.92 Å². The highest BCUT2D eigenvalue weighted by Gasteiger charge is 2.19. The lowest BCUT2D eigenvalue weighted by Crippen LogP contribution is -2.39. The van der Waals surface area contributed by atoms with Gasteiger partial charge in [0.15, 0.2) is 5.65 Å². The number of hydrogen-bond donors (Lipinski definition) is 1. The summed E-state index contributed by atoms with van der Waals surface area (Å²) >= 11 is 6.79. The zero-order valence-electron chi connectivity index (χ0n) is 17.4. The molecular weight excluding hydrogens is 445 g/mol. The molecule has 1 amide bonds. The molecule has 0 unspecified atom stereocenters. The lowest BCUT2D eigenvalue weighted by atomic mass is 10.2. The Morgan fingerprint density at radius 1 is 1.29 bits per heavy atom. The van der Waals surface area contributed by atoms with Crippen molar-refractivity contribution in [3.8, 4) is 0 Å². The van der Waals surface area contributed by atoms with Gasteiger partial charge in [-0.15, -0.1) is 0 Å². The zero-order chi connectivity index (χ0) is 22.9. The molecule has 0 aliphatic heterocycles. The molecule has 3 aromatic rings. The summed E-state index contributed by atoms with van der Waals surface area (Å²) in [6.07, 6.45) is 0. The summed E-state index contributed by atoms with van der Waals surface area (Å²) in [7, 11) is 1.40. The number of aryl methyl sites for hydroxylation is 1. The molecule has 0 saturated heterocycles. The van der Waals surface area contributed by atoms with Gasteiger partial charge in [0.05, 0.1) is 10.8 Å². The number of hydrogen-bond acceptors (Lipinski definition) is 6. The lowest BCUT2D eigenvalue weighted by Gasteiger charge is -2.15. The molecule has 0 spiro atoms. The van der Waals surface area contributed by atoms with Crippen LogP contribution in [-0.4, -0.2) is 30.8 Å². The van der Waals surface area contributed by atoms with Crippen LogP contribution in [0.3, 0.4) is 0 Å². The minimum absolute atomic E-state index is 0.0625. The number of halogens is 2. The summed E-state index contributed by atoms with van der Waals surface area (Å²) in [5.41, 5.74) is -0.371. The van der Waals surface area contributed by atoms with Crippen molar-refractivity contribution in [2.24, 2.45) is 13.0 Å². The van der Waals surface area contributed by atoms with E-state index in [4.69, 9.17) is 11.6 Å². The Morgan fingerprint density at radius 2 is 2.00 bits per heavy atom. The highest BCUT2D eigenvalue weighted by Crippen LogP contribution is 2.24. The van der Waals surface area contributed by atoms with Gasteiger partial charge >= 0.3 is 5.69 Å². The van der Waals surface area contributed by atoms with Gasteiger partial charge in [0.2, 0.25) is 5.91 Å². The van der Waals surface area contributed by atoms with E-state index in [-0.39, 0.29) is 33.6 Å². The number of anilines is 1. The summed E-state index contributed by atoms with van der Waals surface area (Å²) < 4.78 is 15.8. The quantitative estimate of drug-likeness (QED) is 0.444. The van der Waals surface area contributed by atoms with Crippen molar-refractivity contribution in [3.05, 3.63) is 55.7 Å². The highest BCUT2D eigenvalue weighted by atomic mass is 35.5. The smallest absolute Gasteiger partial charge is 0.325 e. The number of amides is 1. The first-order chi connectivity index (χ1) is 14.6. The van der Waals surface area contributed by atoms with E-state index < -0.39 is 17.1 Å². The van der Waals surface area contributed by atoms with E-state index in [9.17, 15) is 18.8 Å². The number of nitrogens with zero attached hydrogens (tertiary/aromatic N) is 4. The molecule has 0 aliphatic rings. The molecule has 11 heteroatoms. The Balaban J connectivity index is 1.95. The van der Waals surface area contributed by atoms with Crippen molar-refractivity contribution in [1.29, 1.82) is 0 Å². The maximum Gasteiger partial charge on any atom is 0.332 e. The number of nitrogens with one attached hydrogen (secondary N) is 1. The van der Waals surface area contributed by atoms with E-state index in [2.05, 4.69) is 15.3 Å². The third-order valence-electron chi connectivity index (χ3n) is 4.35. The average Bonchev–Trinajstić information content (AvgIpc) is 2.70. The first kappa shape index (κ1) is 23.0. The third-order valence-corrected chi connectivity index (χ3v) is 5.62. The van der Waals surface area contributed by atoms with E-state index >= 15 is 0 Å². The monoisotopic (exact) mass is 465 g/mol. The first-order valence-electron chi connectivity index (χ1n) is 9.44. The SMILES string of the molecule is Cc1nc(SCC(=O)Nc2ccc(F)c(Cl)c2)c2c(=O)n(C)c(=O)n(CC(C)C)c2n1. The normalized spacial score (nSPS) is 11.3. The van der Waals surface area contributed by atoms with Crippen LogP contribution in [0.4, 0.5) is 10.1 Å². The van der Waals surface area contributed by atoms with Crippen molar-refractivity contribution in [1.82, 2.24) is 19.1 Å². The molecule has 0 atom stereocenters. The second-order valence-corrected chi connectivity index (χ2v) is 8.76. The number of carbonyl (C=O) groups is 1. The van der Waals surface area contributed by atoms with Crippen LogP contribution in [0.1, 0.15) is 19.7 Å².